The van der Waals surface area contributed by atoms with Crippen molar-refractivity contribution in [3.63, 3.8) is 0 Å². The summed E-state index contributed by atoms with van der Waals surface area (Å²) in [7, 11) is 0. The van der Waals surface area contributed by atoms with Crippen LogP contribution in [-0.4, -0.2) is 29.1 Å². The number of nitrogens with zero attached hydrogens (tertiary/aromatic N) is 1. The fourth-order valence-corrected chi connectivity index (χ4v) is 2.89. The maximum absolute atomic E-state index is 14.0. The van der Waals surface area contributed by atoms with E-state index in [9.17, 15) is 8.78 Å². The standard InChI is InChI=1S/C17H26F2N2/c1-5-16(3)12-21(17(4,6-2)11-20-16)10-13-14(18)8-7-9-15(13)19/h7-9,20H,5-6,10-12H2,1-4H3. The predicted octanol–water partition coefficient (Wildman–Crippen LogP) is 3.71. The molecule has 0 radical (unpaired) electrons. The first-order valence-electron chi connectivity index (χ1n) is 7.76. The van der Waals surface area contributed by atoms with Crippen LogP contribution in [0.25, 0.3) is 0 Å². The Morgan fingerprint density at radius 3 is 2.29 bits per heavy atom. The quantitative estimate of drug-likeness (QED) is 0.911. The summed E-state index contributed by atoms with van der Waals surface area (Å²) >= 11 is 0. The highest BCUT2D eigenvalue weighted by Gasteiger charge is 2.41. The molecule has 2 atom stereocenters. The van der Waals surface area contributed by atoms with Crippen LogP contribution in [0.2, 0.25) is 0 Å². The van der Waals surface area contributed by atoms with Crippen molar-refractivity contribution in [3.05, 3.63) is 35.4 Å². The largest absolute Gasteiger partial charge is 0.308 e. The molecule has 0 spiro atoms. The molecule has 2 unspecified atom stereocenters. The first-order valence-corrected chi connectivity index (χ1v) is 7.76. The molecule has 1 aliphatic rings. The van der Waals surface area contributed by atoms with E-state index < -0.39 is 11.6 Å². The Morgan fingerprint density at radius 2 is 1.76 bits per heavy atom. The highest BCUT2D eigenvalue weighted by atomic mass is 19.1. The summed E-state index contributed by atoms with van der Waals surface area (Å²) in [5.74, 6) is -0.907. The summed E-state index contributed by atoms with van der Waals surface area (Å²) in [6.07, 6.45) is 1.93. The number of hydrogen-bond donors (Lipinski definition) is 1. The summed E-state index contributed by atoms with van der Waals surface area (Å²) in [4.78, 5) is 2.23. The Balaban J connectivity index is 2.29. The van der Waals surface area contributed by atoms with Gasteiger partial charge in [-0.2, -0.15) is 0 Å². The number of hydrogen-bond acceptors (Lipinski definition) is 2. The second-order valence-electron chi connectivity index (χ2n) is 6.67. The topological polar surface area (TPSA) is 15.3 Å². The molecule has 2 rings (SSSR count). The van der Waals surface area contributed by atoms with E-state index in [0.29, 0.717) is 6.54 Å². The molecule has 1 aromatic rings. The molecule has 118 valence electrons. The molecule has 1 fully saturated rings. The van der Waals surface area contributed by atoms with E-state index in [1.54, 1.807) is 0 Å². The summed E-state index contributed by atoms with van der Waals surface area (Å²) in [6.45, 7) is 10.6. The van der Waals surface area contributed by atoms with Gasteiger partial charge in [0.15, 0.2) is 0 Å². The number of halogens is 2. The van der Waals surface area contributed by atoms with Crippen LogP contribution in [0.5, 0.6) is 0 Å². The van der Waals surface area contributed by atoms with Gasteiger partial charge in [-0.05, 0) is 38.8 Å². The number of rotatable bonds is 4. The monoisotopic (exact) mass is 296 g/mol. The molecule has 1 aliphatic heterocycles. The van der Waals surface area contributed by atoms with Crippen molar-refractivity contribution in [2.75, 3.05) is 13.1 Å². The van der Waals surface area contributed by atoms with Gasteiger partial charge < -0.3 is 5.32 Å². The first kappa shape index (κ1) is 16.4. The van der Waals surface area contributed by atoms with Gasteiger partial charge in [-0.1, -0.05) is 19.9 Å². The zero-order chi connectivity index (χ0) is 15.7. The Hall–Kier alpha value is -1.00. The molecule has 0 aliphatic carbocycles. The zero-order valence-electron chi connectivity index (χ0n) is 13.5. The number of nitrogens with one attached hydrogen (secondary N) is 1. The minimum Gasteiger partial charge on any atom is -0.308 e. The second kappa shape index (κ2) is 6.01. The highest BCUT2D eigenvalue weighted by molar-refractivity contribution is 5.20. The van der Waals surface area contributed by atoms with Gasteiger partial charge in [0.2, 0.25) is 0 Å². The molecule has 4 heteroatoms. The van der Waals surface area contributed by atoms with Gasteiger partial charge in [-0.15, -0.1) is 0 Å². The Bertz CT molecular complexity index is 485. The van der Waals surface area contributed by atoms with E-state index in [2.05, 4.69) is 37.9 Å². The smallest absolute Gasteiger partial charge is 0.130 e. The Morgan fingerprint density at radius 1 is 1.14 bits per heavy atom. The average Bonchev–Trinajstić information content (AvgIpc) is 2.47. The zero-order valence-corrected chi connectivity index (χ0v) is 13.5. The van der Waals surface area contributed by atoms with Gasteiger partial charge in [-0.25, -0.2) is 8.78 Å². The SMILES string of the molecule is CCC1(C)CN(Cc2c(F)cccc2F)C(C)(CC)CN1. The van der Waals surface area contributed by atoms with Crippen molar-refractivity contribution in [3.8, 4) is 0 Å². The highest BCUT2D eigenvalue weighted by Crippen LogP contribution is 2.30. The molecular formula is C17H26F2N2. The van der Waals surface area contributed by atoms with Gasteiger partial charge in [0.05, 0.1) is 0 Å². The van der Waals surface area contributed by atoms with E-state index in [4.69, 9.17) is 0 Å². The van der Waals surface area contributed by atoms with Crippen molar-refractivity contribution >= 4 is 0 Å². The summed E-state index contributed by atoms with van der Waals surface area (Å²) < 4.78 is 27.9. The van der Waals surface area contributed by atoms with Crippen molar-refractivity contribution in [1.29, 1.82) is 0 Å². The maximum atomic E-state index is 14.0. The van der Waals surface area contributed by atoms with Crippen molar-refractivity contribution in [2.45, 2.75) is 58.2 Å². The van der Waals surface area contributed by atoms with Crippen LogP contribution in [0.1, 0.15) is 46.1 Å². The minimum atomic E-state index is -0.454. The van der Waals surface area contributed by atoms with Crippen LogP contribution in [0.3, 0.4) is 0 Å². The fourth-order valence-electron chi connectivity index (χ4n) is 2.89. The Kier molecular flexibility index (Phi) is 4.69. The van der Waals surface area contributed by atoms with Crippen LogP contribution in [-0.2, 0) is 6.54 Å². The molecule has 2 nitrogen and oxygen atoms in total. The molecule has 21 heavy (non-hydrogen) atoms. The van der Waals surface area contributed by atoms with Gasteiger partial charge in [-0.3, -0.25) is 4.90 Å². The third kappa shape index (κ3) is 3.27. The third-order valence-electron chi connectivity index (χ3n) is 5.15. The van der Waals surface area contributed by atoms with E-state index in [1.807, 2.05) is 0 Å². The predicted molar refractivity (Wildman–Crippen MR) is 82.2 cm³/mol. The normalized spacial score (nSPS) is 30.6. The molecule has 1 saturated heterocycles. The lowest BCUT2D eigenvalue weighted by atomic mass is 9.85. The molecule has 1 aromatic carbocycles. The molecular weight excluding hydrogens is 270 g/mol. The first-order chi connectivity index (χ1) is 9.83. The molecule has 1 heterocycles. The minimum absolute atomic E-state index is 0.00356. The van der Waals surface area contributed by atoms with E-state index >= 15 is 0 Å². The van der Waals surface area contributed by atoms with Gasteiger partial charge in [0.1, 0.15) is 11.6 Å². The summed E-state index contributed by atoms with van der Waals surface area (Å²) in [5.41, 5.74) is 0.0947. The molecule has 0 bridgehead atoms. The van der Waals surface area contributed by atoms with E-state index in [0.717, 1.165) is 25.9 Å². The van der Waals surface area contributed by atoms with Crippen LogP contribution in [0.4, 0.5) is 8.78 Å². The van der Waals surface area contributed by atoms with E-state index in [1.165, 1.54) is 18.2 Å². The molecule has 0 amide bonds. The third-order valence-corrected chi connectivity index (χ3v) is 5.15. The van der Waals surface area contributed by atoms with Gasteiger partial charge in [0.25, 0.3) is 0 Å². The summed E-state index contributed by atoms with van der Waals surface area (Å²) in [5, 5.41) is 3.60. The second-order valence-corrected chi connectivity index (χ2v) is 6.67. The van der Waals surface area contributed by atoms with Gasteiger partial charge >= 0.3 is 0 Å². The summed E-state index contributed by atoms with van der Waals surface area (Å²) in [6, 6.07) is 4.09. The average molecular weight is 296 g/mol. The fraction of sp³-hybridized carbons (Fsp3) is 0.647. The van der Waals surface area contributed by atoms with Crippen LogP contribution in [0.15, 0.2) is 18.2 Å². The maximum Gasteiger partial charge on any atom is 0.130 e. The lowest BCUT2D eigenvalue weighted by Crippen LogP contribution is -2.67. The Labute approximate surface area is 126 Å². The van der Waals surface area contributed by atoms with Crippen molar-refractivity contribution in [2.24, 2.45) is 0 Å². The lowest BCUT2D eigenvalue weighted by molar-refractivity contribution is 0.00895. The van der Waals surface area contributed by atoms with Crippen LogP contribution < -0.4 is 5.32 Å². The molecule has 0 aromatic heterocycles. The van der Waals surface area contributed by atoms with Gasteiger partial charge in [0, 0.05) is 36.3 Å². The number of benzene rings is 1. The van der Waals surface area contributed by atoms with Crippen molar-refractivity contribution in [1.82, 2.24) is 10.2 Å². The molecule has 1 N–H and O–H groups in total. The van der Waals surface area contributed by atoms with Crippen LogP contribution >= 0.6 is 0 Å². The number of piperazine rings is 1. The lowest BCUT2D eigenvalue weighted by Gasteiger charge is -2.52. The molecule has 0 saturated carbocycles. The van der Waals surface area contributed by atoms with Crippen LogP contribution in [0, 0.1) is 11.6 Å². The van der Waals surface area contributed by atoms with Crippen molar-refractivity contribution < 1.29 is 8.78 Å². The van der Waals surface area contributed by atoms with E-state index in [-0.39, 0.29) is 16.6 Å².